The van der Waals surface area contributed by atoms with Crippen molar-refractivity contribution in [1.82, 2.24) is 0 Å². The second-order valence-corrected chi connectivity index (χ2v) is 6.07. The number of hydrogen-bond acceptors (Lipinski definition) is 5. The minimum absolute atomic E-state index is 0.0221. The van der Waals surface area contributed by atoms with Gasteiger partial charge < -0.3 is 13.9 Å². The van der Waals surface area contributed by atoms with Crippen LogP contribution in [-0.2, 0) is 4.79 Å². The third kappa shape index (κ3) is 2.51. The van der Waals surface area contributed by atoms with E-state index in [1.54, 1.807) is 42.5 Å². The van der Waals surface area contributed by atoms with Crippen molar-refractivity contribution in [3.63, 3.8) is 0 Å². The highest BCUT2D eigenvalue weighted by Crippen LogP contribution is 2.42. The van der Waals surface area contributed by atoms with Crippen molar-refractivity contribution in [3.05, 3.63) is 88.9 Å². The molecule has 0 radical (unpaired) electrons. The van der Waals surface area contributed by atoms with Crippen LogP contribution in [0, 0.1) is 0 Å². The van der Waals surface area contributed by atoms with E-state index in [4.69, 9.17) is 20.4 Å². The van der Waals surface area contributed by atoms with Crippen molar-refractivity contribution in [2.75, 3.05) is 4.90 Å². The Morgan fingerprint density at radius 2 is 1.73 bits per heavy atom. The van der Waals surface area contributed by atoms with E-state index in [-0.39, 0.29) is 11.3 Å². The normalized spacial score (nSPS) is 17.2. The first kappa shape index (κ1) is 16.2. The number of hydrogen-bond donors (Lipinski definition) is 1. The fourth-order valence-electron chi connectivity index (χ4n) is 2.96. The maximum atomic E-state index is 12.8. The molecule has 1 aliphatic heterocycles. The lowest BCUT2D eigenvalue weighted by molar-refractivity contribution is -0.117. The summed E-state index contributed by atoms with van der Waals surface area (Å²) < 4.78 is 10.6. The van der Waals surface area contributed by atoms with E-state index in [2.05, 4.69) is 0 Å². The number of anilines is 1. The van der Waals surface area contributed by atoms with Crippen molar-refractivity contribution < 1.29 is 23.5 Å². The number of Topliss-reactive ketones (excluding diaryl/α,β-unsaturated/α-hetero) is 1. The van der Waals surface area contributed by atoms with Crippen LogP contribution in [0.3, 0.4) is 0 Å². The van der Waals surface area contributed by atoms with E-state index in [1.165, 1.54) is 23.5 Å². The summed E-state index contributed by atoms with van der Waals surface area (Å²) in [4.78, 5) is 26.9. The number of carbonyl (C=O) groups excluding carboxylic acids is 2. The van der Waals surface area contributed by atoms with E-state index in [1.807, 2.05) is 0 Å². The number of halogens is 1. The first-order chi connectivity index (χ1) is 12.6. The minimum Gasteiger partial charge on any atom is -0.503 e. The number of benzene rings is 1. The van der Waals surface area contributed by atoms with Crippen LogP contribution in [0.5, 0.6) is 0 Å². The van der Waals surface area contributed by atoms with Crippen LogP contribution in [0.1, 0.15) is 22.4 Å². The van der Waals surface area contributed by atoms with Crippen molar-refractivity contribution in [2.24, 2.45) is 0 Å². The second kappa shape index (κ2) is 6.24. The van der Waals surface area contributed by atoms with Crippen LogP contribution in [0.15, 0.2) is 81.2 Å². The van der Waals surface area contributed by atoms with Gasteiger partial charge in [0.25, 0.3) is 5.91 Å². The lowest BCUT2D eigenvalue weighted by Crippen LogP contribution is -2.30. The summed E-state index contributed by atoms with van der Waals surface area (Å²) in [5.74, 6) is -1.56. The lowest BCUT2D eigenvalue weighted by Gasteiger charge is -2.24. The molecule has 1 amide bonds. The number of furan rings is 2. The molecule has 1 aliphatic rings. The van der Waals surface area contributed by atoms with Crippen LogP contribution < -0.4 is 4.90 Å². The summed E-state index contributed by atoms with van der Waals surface area (Å²) >= 11 is 5.92. The fourth-order valence-corrected chi connectivity index (χ4v) is 3.09. The number of aliphatic hydroxyl groups is 1. The van der Waals surface area contributed by atoms with E-state index < -0.39 is 23.5 Å². The molecule has 0 aliphatic carbocycles. The molecule has 4 rings (SSSR count). The number of amides is 1. The zero-order valence-electron chi connectivity index (χ0n) is 13.3. The van der Waals surface area contributed by atoms with Gasteiger partial charge in [-0.3, -0.25) is 14.5 Å². The molecule has 3 heterocycles. The molecule has 0 saturated carbocycles. The minimum atomic E-state index is -0.920. The summed E-state index contributed by atoms with van der Waals surface area (Å²) in [7, 11) is 0. The molecule has 0 spiro atoms. The monoisotopic (exact) mass is 369 g/mol. The van der Waals surface area contributed by atoms with Gasteiger partial charge in [-0.15, -0.1) is 0 Å². The molecular weight excluding hydrogens is 358 g/mol. The number of carbonyl (C=O) groups is 2. The topological polar surface area (TPSA) is 83.9 Å². The SMILES string of the molecule is O=C(C1=C(O)C(=O)N(c2ccc(Cl)cc2)C1c1ccco1)c1ccco1. The summed E-state index contributed by atoms with van der Waals surface area (Å²) in [6.45, 7) is 0. The molecule has 0 fully saturated rings. The number of aliphatic hydroxyl groups excluding tert-OH is 1. The van der Waals surface area contributed by atoms with Gasteiger partial charge in [-0.05, 0) is 48.5 Å². The van der Waals surface area contributed by atoms with Gasteiger partial charge in [0, 0.05) is 10.7 Å². The standard InChI is InChI=1S/C19H12ClNO5/c20-11-5-7-12(8-6-11)21-16(13-3-1-9-25-13)15(18(23)19(21)24)17(22)14-4-2-10-26-14/h1-10,16,23H. The molecular formula is C19H12ClNO5. The highest BCUT2D eigenvalue weighted by atomic mass is 35.5. The summed E-state index contributed by atoms with van der Waals surface area (Å²) in [5.41, 5.74) is 0.365. The molecule has 26 heavy (non-hydrogen) atoms. The molecule has 1 aromatic carbocycles. The third-order valence-electron chi connectivity index (χ3n) is 4.12. The van der Waals surface area contributed by atoms with E-state index in [9.17, 15) is 14.7 Å². The zero-order chi connectivity index (χ0) is 18.3. The Balaban J connectivity index is 1.86. The Kier molecular flexibility index (Phi) is 3.89. The maximum absolute atomic E-state index is 12.8. The molecule has 1 N–H and O–H groups in total. The number of nitrogens with zero attached hydrogens (tertiary/aromatic N) is 1. The van der Waals surface area contributed by atoms with Crippen LogP contribution in [0.2, 0.25) is 5.02 Å². The molecule has 130 valence electrons. The quantitative estimate of drug-likeness (QED) is 0.693. The van der Waals surface area contributed by atoms with Crippen molar-refractivity contribution in [3.8, 4) is 0 Å². The Labute approximate surface area is 152 Å². The summed E-state index contributed by atoms with van der Waals surface area (Å²) in [5, 5.41) is 10.9. The zero-order valence-corrected chi connectivity index (χ0v) is 14.0. The van der Waals surface area contributed by atoms with Crippen LogP contribution >= 0.6 is 11.6 Å². The Morgan fingerprint density at radius 3 is 2.35 bits per heavy atom. The highest BCUT2D eigenvalue weighted by Gasteiger charge is 2.46. The number of rotatable bonds is 4. The fraction of sp³-hybridized carbons (Fsp3) is 0.0526. The molecule has 3 aromatic rings. The molecule has 1 unspecified atom stereocenters. The van der Waals surface area contributed by atoms with Crippen LogP contribution in [-0.4, -0.2) is 16.8 Å². The van der Waals surface area contributed by atoms with Crippen molar-refractivity contribution in [2.45, 2.75) is 6.04 Å². The molecule has 6 nitrogen and oxygen atoms in total. The Hall–Kier alpha value is -3.25. The average Bonchev–Trinajstić information content (AvgIpc) is 3.38. The number of ketones is 1. The molecule has 2 aromatic heterocycles. The molecule has 1 atom stereocenters. The van der Waals surface area contributed by atoms with Crippen LogP contribution in [0.4, 0.5) is 5.69 Å². The first-order valence-corrected chi connectivity index (χ1v) is 8.09. The predicted molar refractivity (Wildman–Crippen MR) is 93.1 cm³/mol. The predicted octanol–water partition coefficient (Wildman–Crippen LogP) is 4.31. The Bertz CT molecular complexity index is 987. The van der Waals surface area contributed by atoms with Gasteiger partial charge >= 0.3 is 0 Å². The van der Waals surface area contributed by atoms with Gasteiger partial charge in [0.2, 0.25) is 5.78 Å². The third-order valence-corrected chi connectivity index (χ3v) is 4.37. The van der Waals surface area contributed by atoms with Gasteiger partial charge in [-0.25, -0.2) is 0 Å². The van der Waals surface area contributed by atoms with E-state index in [0.717, 1.165) is 0 Å². The van der Waals surface area contributed by atoms with E-state index >= 15 is 0 Å². The molecule has 0 saturated heterocycles. The van der Waals surface area contributed by atoms with Gasteiger partial charge in [-0.2, -0.15) is 0 Å². The van der Waals surface area contributed by atoms with E-state index in [0.29, 0.717) is 16.5 Å². The first-order valence-electron chi connectivity index (χ1n) is 7.72. The summed E-state index contributed by atoms with van der Waals surface area (Å²) in [6, 6.07) is 11.9. The molecule has 0 bridgehead atoms. The Morgan fingerprint density at radius 1 is 1.04 bits per heavy atom. The highest BCUT2D eigenvalue weighted by molar-refractivity contribution is 6.30. The summed E-state index contributed by atoms with van der Waals surface area (Å²) in [6.07, 6.45) is 2.78. The smallest absolute Gasteiger partial charge is 0.294 e. The van der Waals surface area contributed by atoms with Crippen molar-refractivity contribution in [1.29, 1.82) is 0 Å². The second-order valence-electron chi connectivity index (χ2n) is 5.64. The van der Waals surface area contributed by atoms with Crippen molar-refractivity contribution >= 4 is 29.0 Å². The maximum Gasteiger partial charge on any atom is 0.294 e. The lowest BCUT2D eigenvalue weighted by atomic mass is 9.99. The largest absolute Gasteiger partial charge is 0.503 e. The molecule has 7 heteroatoms. The van der Waals surface area contributed by atoms with Gasteiger partial charge in [0.15, 0.2) is 11.5 Å². The van der Waals surface area contributed by atoms with Crippen LogP contribution in [0.25, 0.3) is 0 Å². The van der Waals surface area contributed by atoms with Gasteiger partial charge in [0.05, 0.1) is 18.1 Å². The van der Waals surface area contributed by atoms with Gasteiger partial charge in [0.1, 0.15) is 11.8 Å². The average molecular weight is 370 g/mol. The van der Waals surface area contributed by atoms with Gasteiger partial charge in [-0.1, -0.05) is 11.6 Å².